The maximum atomic E-state index is 12.1. The summed E-state index contributed by atoms with van der Waals surface area (Å²) < 4.78 is 12.1. The van der Waals surface area contributed by atoms with E-state index in [2.05, 4.69) is 10.3 Å². The van der Waals surface area contributed by atoms with Crippen molar-refractivity contribution in [2.75, 3.05) is 24.3 Å². The van der Waals surface area contributed by atoms with Gasteiger partial charge in [-0.1, -0.05) is 29.5 Å². The number of rotatable bonds is 5. The van der Waals surface area contributed by atoms with E-state index in [-0.39, 0.29) is 5.91 Å². The standard InChI is InChI=1S/C18H16N2O3S2/c21-17(6-9-24-12-4-2-1-3-5-12)20-18-19-13-10-14-15(11-16(13)25-18)23-8-7-22-14/h1-5,10-11H,6-9H2,(H,19,20,21). The number of nitrogens with one attached hydrogen (secondary N) is 1. The summed E-state index contributed by atoms with van der Waals surface area (Å²) in [6.07, 6.45) is 0.443. The molecule has 0 aliphatic carbocycles. The Hall–Kier alpha value is -2.25. The van der Waals surface area contributed by atoms with Gasteiger partial charge in [-0.25, -0.2) is 4.98 Å². The highest BCUT2D eigenvalue weighted by atomic mass is 32.2. The lowest BCUT2D eigenvalue weighted by atomic mass is 10.3. The van der Waals surface area contributed by atoms with Crippen molar-refractivity contribution >= 4 is 44.4 Å². The summed E-state index contributed by atoms with van der Waals surface area (Å²) in [6, 6.07) is 13.8. The first kappa shape index (κ1) is 16.2. The Morgan fingerprint density at radius 1 is 1.16 bits per heavy atom. The molecule has 0 radical (unpaired) electrons. The number of carbonyl (C=O) groups excluding carboxylic acids is 1. The second-order valence-corrected chi connectivity index (χ2v) is 7.64. The highest BCUT2D eigenvalue weighted by Crippen LogP contribution is 2.37. The molecule has 0 atom stereocenters. The molecule has 25 heavy (non-hydrogen) atoms. The minimum Gasteiger partial charge on any atom is -0.486 e. The summed E-state index contributed by atoms with van der Waals surface area (Å²) in [6.45, 7) is 1.10. The van der Waals surface area contributed by atoms with Crippen molar-refractivity contribution in [2.24, 2.45) is 0 Å². The van der Waals surface area contributed by atoms with Crippen LogP contribution in [0.5, 0.6) is 11.5 Å². The third kappa shape index (κ3) is 3.88. The molecule has 5 nitrogen and oxygen atoms in total. The molecule has 7 heteroatoms. The molecule has 2 aromatic carbocycles. The second-order valence-electron chi connectivity index (χ2n) is 5.44. The summed E-state index contributed by atoms with van der Waals surface area (Å²) in [4.78, 5) is 17.8. The topological polar surface area (TPSA) is 60.5 Å². The molecular weight excluding hydrogens is 356 g/mol. The zero-order valence-electron chi connectivity index (χ0n) is 13.4. The van der Waals surface area contributed by atoms with Crippen LogP contribution in [-0.4, -0.2) is 29.9 Å². The summed E-state index contributed by atoms with van der Waals surface area (Å²) >= 11 is 3.11. The van der Waals surface area contributed by atoms with Crippen molar-refractivity contribution in [1.29, 1.82) is 0 Å². The molecule has 0 unspecified atom stereocenters. The lowest BCUT2D eigenvalue weighted by molar-refractivity contribution is -0.115. The molecule has 2 heterocycles. The van der Waals surface area contributed by atoms with Crippen LogP contribution in [0, 0.1) is 0 Å². The fourth-order valence-electron chi connectivity index (χ4n) is 2.48. The van der Waals surface area contributed by atoms with Gasteiger partial charge in [0.2, 0.25) is 5.91 Å². The van der Waals surface area contributed by atoms with Crippen molar-refractivity contribution < 1.29 is 14.3 Å². The zero-order valence-corrected chi connectivity index (χ0v) is 15.0. The number of fused-ring (bicyclic) bond motifs is 2. The van der Waals surface area contributed by atoms with Crippen molar-refractivity contribution in [2.45, 2.75) is 11.3 Å². The van der Waals surface area contributed by atoms with Gasteiger partial charge in [0.15, 0.2) is 16.6 Å². The Bertz CT molecular complexity index is 853. The molecule has 1 aliphatic heterocycles. The molecule has 0 bridgehead atoms. The molecule has 0 saturated carbocycles. The Kier molecular flexibility index (Phi) is 4.76. The SMILES string of the molecule is O=C(CCSc1ccccc1)Nc1nc2cc3c(cc2s1)OCCO3. The van der Waals surface area contributed by atoms with Gasteiger partial charge in [-0.05, 0) is 12.1 Å². The Morgan fingerprint density at radius 3 is 2.72 bits per heavy atom. The maximum absolute atomic E-state index is 12.1. The highest BCUT2D eigenvalue weighted by molar-refractivity contribution is 7.99. The largest absolute Gasteiger partial charge is 0.486 e. The van der Waals surface area contributed by atoms with Gasteiger partial charge in [0.25, 0.3) is 0 Å². The molecule has 128 valence electrons. The molecule has 0 saturated heterocycles. The summed E-state index contributed by atoms with van der Waals surface area (Å²) in [5.74, 6) is 2.15. The molecule has 0 spiro atoms. The number of anilines is 1. The van der Waals surface area contributed by atoms with Gasteiger partial charge in [-0.2, -0.15) is 0 Å². The Balaban J connectivity index is 1.37. The number of thioether (sulfide) groups is 1. The second kappa shape index (κ2) is 7.33. The summed E-state index contributed by atoms with van der Waals surface area (Å²) in [5, 5.41) is 3.49. The van der Waals surface area contributed by atoms with Crippen LogP contribution in [-0.2, 0) is 4.79 Å². The predicted octanol–water partition coefficient (Wildman–Crippen LogP) is 4.19. The van der Waals surface area contributed by atoms with Gasteiger partial charge in [0.1, 0.15) is 13.2 Å². The summed E-state index contributed by atoms with van der Waals surface area (Å²) in [5.41, 5.74) is 0.809. The molecule has 4 rings (SSSR count). The Morgan fingerprint density at radius 2 is 1.92 bits per heavy atom. The van der Waals surface area contributed by atoms with Crippen LogP contribution in [0.25, 0.3) is 10.2 Å². The van der Waals surface area contributed by atoms with Gasteiger partial charge in [0.05, 0.1) is 10.2 Å². The van der Waals surface area contributed by atoms with Crippen molar-refractivity contribution in [3.8, 4) is 11.5 Å². The average Bonchev–Trinajstić information content (AvgIpc) is 3.01. The number of carbonyl (C=O) groups is 1. The quantitative estimate of drug-likeness (QED) is 0.681. The van der Waals surface area contributed by atoms with Crippen molar-refractivity contribution in [3.05, 3.63) is 42.5 Å². The van der Waals surface area contributed by atoms with E-state index in [9.17, 15) is 4.79 Å². The van der Waals surface area contributed by atoms with Crippen LogP contribution in [0.4, 0.5) is 5.13 Å². The first-order valence-corrected chi connectivity index (χ1v) is 9.76. The lowest BCUT2D eigenvalue weighted by Crippen LogP contribution is -2.15. The molecular formula is C18H16N2O3S2. The van der Waals surface area contributed by atoms with Crippen LogP contribution >= 0.6 is 23.1 Å². The number of thiazole rings is 1. The first-order valence-electron chi connectivity index (χ1n) is 7.96. The molecule has 0 fully saturated rings. The van der Waals surface area contributed by atoms with Gasteiger partial charge < -0.3 is 14.8 Å². The fourth-order valence-corrected chi connectivity index (χ4v) is 4.24. The van der Waals surface area contributed by atoms with Gasteiger partial charge in [-0.15, -0.1) is 11.8 Å². The van der Waals surface area contributed by atoms with E-state index in [0.29, 0.717) is 30.5 Å². The zero-order chi connectivity index (χ0) is 17.1. The number of ether oxygens (including phenoxy) is 2. The Labute approximate surface area is 153 Å². The number of benzene rings is 2. The molecule has 1 aromatic heterocycles. The smallest absolute Gasteiger partial charge is 0.226 e. The van der Waals surface area contributed by atoms with E-state index in [1.807, 2.05) is 42.5 Å². The normalized spacial score (nSPS) is 13.0. The predicted molar refractivity (Wildman–Crippen MR) is 101 cm³/mol. The molecule has 1 amide bonds. The van der Waals surface area contributed by atoms with E-state index in [1.54, 1.807) is 11.8 Å². The van der Waals surface area contributed by atoms with E-state index >= 15 is 0 Å². The van der Waals surface area contributed by atoms with Crippen LogP contribution in [0.15, 0.2) is 47.4 Å². The van der Waals surface area contributed by atoms with Crippen LogP contribution in [0.2, 0.25) is 0 Å². The first-order chi connectivity index (χ1) is 12.3. The van der Waals surface area contributed by atoms with Crippen LogP contribution in [0.1, 0.15) is 6.42 Å². The van der Waals surface area contributed by atoms with Crippen LogP contribution in [0.3, 0.4) is 0 Å². The number of aromatic nitrogens is 1. The monoisotopic (exact) mass is 372 g/mol. The number of nitrogens with zero attached hydrogens (tertiary/aromatic N) is 1. The van der Waals surface area contributed by atoms with Gasteiger partial charge in [-0.3, -0.25) is 4.79 Å². The average molecular weight is 372 g/mol. The van der Waals surface area contributed by atoms with E-state index in [4.69, 9.17) is 9.47 Å². The van der Waals surface area contributed by atoms with Gasteiger partial charge >= 0.3 is 0 Å². The minimum absolute atomic E-state index is 0.0280. The fraction of sp³-hybridized carbons (Fsp3) is 0.222. The maximum Gasteiger partial charge on any atom is 0.226 e. The van der Waals surface area contributed by atoms with Gasteiger partial charge in [0, 0.05) is 29.2 Å². The lowest BCUT2D eigenvalue weighted by Gasteiger charge is -2.17. The van der Waals surface area contributed by atoms with Crippen LogP contribution < -0.4 is 14.8 Å². The molecule has 1 N–H and O–H groups in total. The number of hydrogen-bond donors (Lipinski definition) is 1. The van der Waals surface area contributed by atoms with Crippen molar-refractivity contribution in [1.82, 2.24) is 4.98 Å². The molecule has 3 aromatic rings. The number of hydrogen-bond acceptors (Lipinski definition) is 6. The van der Waals surface area contributed by atoms with E-state index < -0.39 is 0 Å². The highest BCUT2D eigenvalue weighted by Gasteiger charge is 2.16. The third-order valence-corrected chi connectivity index (χ3v) is 5.59. The van der Waals surface area contributed by atoms with E-state index in [1.165, 1.54) is 16.2 Å². The summed E-state index contributed by atoms with van der Waals surface area (Å²) in [7, 11) is 0. The third-order valence-electron chi connectivity index (χ3n) is 3.64. The number of amides is 1. The molecule has 1 aliphatic rings. The van der Waals surface area contributed by atoms with Crippen molar-refractivity contribution in [3.63, 3.8) is 0 Å². The minimum atomic E-state index is -0.0280. The van der Waals surface area contributed by atoms with E-state index in [0.717, 1.165) is 21.7 Å².